The van der Waals surface area contributed by atoms with Crippen LogP contribution in [0.1, 0.15) is 80.2 Å². The second-order valence-electron chi connectivity index (χ2n) is 8.43. The Hall–Kier alpha value is -2.11. The minimum Gasteiger partial charge on any atom is -0.360 e. The van der Waals surface area contributed by atoms with Crippen LogP contribution in [0.15, 0.2) is 10.7 Å². The Labute approximate surface area is 155 Å². The summed E-state index contributed by atoms with van der Waals surface area (Å²) < 4.78 is 7.41. The van der Waals surface area contributed by atoms with Crippen molar-refractivity contribution in [3.8, 4) is 0 Å². The molecule has 6 heteroatoms. The molecule has 2 atom stereocenters. The second kappa shape index (κ2) is 6.89. The second-order valence-corrected chi connectivity index (χ2v) is 8.43. The van der Waals surface area contributed by atoms with Gasteiger partial charge in [0.15, 0.2) is 5.69 Å². The smallest absolute Gasteiger partial charge is 0.274 e. The molecule has 1 amide bonds. The van der Waals surface area contributed by atoms with Gasteiger partial charge in [0.1, 0.15) is 5.76 Å². The average Bonchev–Trinajstić information content (AvgIpc) is 3.16. The summed E-state index contributed by atoms with van der Waals surface area (Å²) in [6.07, 6.45) is 4.62. The first-order valence-corrected chi connectivity index (χ1v) is 9.53. The fraction of sp³-hybridized carbons (Fsp3) is 0.650. The van der Waals surface area contributed by atoms with Crippen LogP contribution in [-0.2, 0) is 19.4 Å². The number of aryl methyl sites for hydroxylation is 2. The maximum absolute atomic E-state index is 12.8. The Balaban J connectivity index is 1.77. The molecular formula is C20H30N4O2. The number of rotatable bonds is 4. The third-order valence-corrected chi connectivity index (χ3v) is 5.73. The van der Waals surface area contributed by atoms with E-state index >= 15 is 0 Å². The van der Waals surface area contributed by atoms with Gasteiger partial charge in [-0.15, -0.1) is 0 Å². The van der Waals surface area contributed by atoms with E-state index in [0.717, 1.165) is 48.4 Å². The largest absolute Gasteiger partial charge is 0.360 e. The Kier molecular flexibility index (Phi) is 4.95. The number of aromatic nitrogens is 3. The van der Waals surface area contributed by atoms with Crippen LogP contribution in [0.4, 0.5) is 0 Å². The number of carbonyl (C=O) groups is 1. The maximum atomic E-state index is 12.8. The molecule has 6 nitrogen and oxygen atoms in total. The van der Waals surface area contributed by atoms with Crippen LogP contribution in [-0.4, -0.2) is 20.8 Å². The summed E-state index contributed by atoms with van der Waals surface area (Å²) in [5.41, 5.74) is 3.76. The fourth-order valence-electron chi connectivity index (χ4n) is 3.87. The molecule has 3 rings (SSSR count). The molecule has 0 radical (unpaired) electrons. The lowest BCUT2D eigenvalue weighted by molar-refractivity contribution is 0.0929. The van der Waals surface area contributed by atoms with Crippen molar-refractivity contribution in [1.29, 1.82) is 0 Å². The monoisotopic (exact) mass is 358 g/mol. The van der Waals surface area contributed by atoms with Crippen LogP contribution in [0, 0.1) is 18.3 Å². The summed E-state index contributed by atoms with van der Waals surface area (Å²) in [6.45, 7) is 13.6. The molecule has 2 aromatic heterocycles. The number of hydrogen-bond acceptors (Lipinski definition) is 4. The number of nitrogens with one attached hydrogen (secondary N) is 1. The van der Waals surface area contributed by atoms with Crippen molar-refractivity contribution in [2.45, 2.75) is 73.4 Å². The maximum Gasteiger partial charge on any atom is 0.274 e. The van der Waals surface area contributed by atoms with E-state index in [4.69, 9.17) is 4.52 Å². The van der Waals surface area contributed by atoms with Gasteiger partial charge in [0.2, 0.25) is 0 Å². The van der Waals surface area contributed by atoms with Gasteiger partial charge in [0.05, 0.1) is 12.2 Å². The van der Waals surface area contributed by atoms with Crippen LogP contribution in [0.25, 0.3) is 0 Å². The van der Waals surface area contributed by atoms with E-state index in [1.807, 2.05) is 24.7 Å². The van der Waals surface area contributed by atoms with Crippen molar-refractivity contribution < 1.29 is 9.32 Å². The van der Waals surface area contributed by atoms with Crippen molar-refractivity contribution in [3.05, 3.63) is 34.5 Å². The predicted molar refractivity (Wildman–Crippen MR) is 100.0 cm³/mol. The average molecular weight is 358 g/mol. The molecule has 26 heavy (non-hydrogen) atoms. The molecule has 0 spiro atoms. The summed E-state index contributed by atoms with van der Waals surface area (Å²) >= 11 is 0. The molecule has 0 bridgehead atoms. The molecule has 0 fully saturated rings. The lowest BCUT2D eigenvalue weighted by Gasteiger charge is -2.33. The molecule has 0 saturated heterocycles. The first-order valence-electron chi connectivity index (χ1n) is 9.53. The first-order chi connectivity index (χ1) is 12.2. The highest BCUT2D eigenvalue weighted by Gasteiger charge is 2.34. The fourth-order valence-corrected chi connectivity index (χ4v) is 3.87. The molecule has 1 aliphatic rings. The molecule has 0 saturated carbocycles. The third-order valence-electron chi connectivity index (χ3n) is 5.73. The summed E-state index contributed by atoms with van der Waals surface area (Å²) in [7, 11) is 0. The predicted octanol–water partition coefficient (Wildman–Crippen LogP) is 3.84. The standard InChI is InChI=1S/C20H30N4O2/c1-7-24-13(3)16(11-21-24)12(2)22-19(25)18-15-10-14(20(4,5)6)8-9-17(15)26-23-18/h11-12,14H,7-10H2,1-6H3,(H,22,25)/t12-,14+/m1/s1. The molecule has 1 N–H and O–H groups in total. The van der Waals surface area contributed by atoms with Crippen molar-refractivity contribution in [1.82, 2.24) is 20.3 Å². The van der Waals surface area contributed by atoms with E-state index in [9.17, 15) is 4.79 Å². The minimum atomic E-state index is -0.166. The van der Waals surface area contributed by atoms with E-state index in [1.165, 1.54) is 0 Å². The van der Waals surface area contributed by atoms with Crippen LogP contribution in [0.2, 0.25) is 0 Å². The van der Waals surface area contributed by atoms with Crippen molar-refractivity contribution >= 4 is 5.91 Å². The van der Waals surface area contributed by atoms with Crippen LogP contribution < -0.4 is 5.32 Å². The van der Waals surface area contributed by atoms with Crippen LogP contribution in [0.3, 0.4) is 0 Å². The Morgan fingerprint density at radius 3 is 2.81 bits per heavy atom. The normalized spacial score (nSPS) is 18.5. The minimum absolute atomic E-state index is 0.128. The number of nitrogens with zero attached hydrogens (tertiary/aromatic N) is 3. The van der Waals surface area contributed by atoms with Gasteiger partial charge >= 0.3 is 0 Å². The van der Waals surface area contributed by atoms with E-state index in [1.54, 1.807) is 0 Å². The molecule has 1 aliphatic carbocycles. The van der Waals surface area contributed by atoms with Gasteiger partial charge < -0.3 is 9.84 Å². The van der Waals surface area contributed by atoms with Crippen molar-refractivity contribution in [2.75, 3.05) is 0 Å². The number of amides is 1. The zero-order valence-corrected chi connectivity index (χ0v) is 16.7. The summed E-state index contributed by atoms with van der Waals surface area (Å²) in [4.78, 5) is 12.8. The molecule has 0 unspecified atom stereocenters. The van der Waals surface area contributed by atoms with Gasteiger partial charge in [0.25, 0.3) is 5.91 Å². The van der Waals surface area contributed by atoms with Crippen LogP contribution in [0.5, 0.6) is 0 Å². The zero-order chi connectivity index (χ0) is 19.1. The molecule has 0 aromatic carbocycles. The summed E-state index contributed by atoms with van der Waals surface area (Å²) in [5.74, 6) is 1.24. The molecular weight excluding hydrogens is 328 g/mol. The lowest BCUT2D eigenvalue weighted by atomic mass is 9.71. The van der Waals surface area contributed by atoms with E-state index in [0.29, 0.717) is 11.6 Å². The van der Waals surface area contributed by atoms with Crippen LogP contribution >= 0.6 is 0 Å². The van der Waals surface area contributed by atoms with E-state index in [-0.39, 0.29) is 17.4 Å². The number of hydrogen-bond donors (Lipinski definition) is 1. The van der Waals surface area contributed by atoms with E-state index in [2.05, 4.69) is 43.3 Å². The topological polar surface area (TPSA) is 73.0 Å². The molecule has 2 aromatic rings. The van der Waals surface area contributed by atoms with Gasteiger partial charge in [-0.2, -0.15) is 5.10 Å². The van der Waals surface area contributed by atoms with Gasteiger partial charge in [0, 0.05) is 29.8 Å². The highest BCUT2D eigenvalue weighted by molar-refractivity contribution is 5.94. The van der Waals surface area contributed by atoms with Crippen molar-refractivity contribution in [3.63, 3.8) is 0 Å². The molecule has 2 heterocycles. The Morgan fingerprint density at radius 1 is 1.46 bits per heavy atom. The van der Waals surface area contributed by atoms with Gasteiger partial charge in [-0.3, -0.25) is 9.48 Å². The summed E-state index contributed by atoms with van der Waals surface area (Å²) in [6, 6.07) is -0.128. The Morgan fingerprint density at radius 2 is 2.19 bits per heavy atom. The SMILES string of the molecule is CCn1ncc([C@@H](C)NC(=O)c2noc3c2C[C@@H](C(C)(C)C)CC3)c1C. The quantitative estimate of drug-likeness (QED) is 0.901. The van der Waals surface area contributed by atoms with Gasteiger partial charge in [-0.25, -0.2) is 0 Å². The van der Waals surface area contributed by atoms with Crippen molar-refractivity contribution in [2.24, 2.45) is 11.3 Å². The number of carbonyl (C=O) groups excluding carboxylic acids is 1. The Bertz CT molecular complexity index is 797. The van der Waals surface area contributed by atoms with Gasteiger partial charge in [-0.05, 0) is 44.9 Å². The summed E-state index contributed by atoms with van der Waals surface area (Å²) in [5, 5.41) is 11.5. The van der Waals surface area contributed by atoms with Gasteiger partial charge in [-0.1, -0.05) is 25.9 Å². The molecule has 0 aliphatic heterocycles. The highest BCUT2D eigenvalue weighted by Crippen LogP contribution is 2.38. The lowest BCUT2D eigenvalue weighted by Crippen LogP contribution is -2.30. The first kappa shape index (κ1) is 18.7. The number of fused-ring (bicyclic) bond motifs is 1. The third kappa shape index (κ3) is 3.41. The zero-order valence-electron chi connectivity index (χ0n) is 16.7. The highest BCUT2D eigenvalue weighted by atomic mass is 16.5. The van der Waals surface area contributed by atoms with E-state index < -0.39 is 0 Å². The molecule has 142 valence electrons.